The Morgan fingerprint density at radius 1 is 1.38 bits per heavy atom. The summed E-state index contributed by atoms with van der Waals surface area (Å²) in [4.78, 5) is 15.4. The third-order valence-corrected chi connectivity index (χ3v) is 4.79. The van der Waals surface area contributed by atoms with Gasteiger partial charge in [0.1, 0.15) is 5.82 Å². The molecule has 1 amide bonds. The number of pyridine rings is 1. The highest BCUT2D eigenvalue weighted by atomic mass is 35.5. The first-order chi connectivity index (χ1) is 11.5. The van der Waals surface area contributed by atoms with Crippen LogP contribution in [-0.4, -0.2) is 20.7 Å². The van der Waals surface area contributed by atoms with Crippen LogP contribution in [0.5, 0.6) is 0 Å². The number of aryl methyl sites for hydroxylation is 1. The Labute approximate surface area is 144 Å². The third-order valence-electron chi connectivity index (χ3n) is 4.49. The van der Waals surface area contributed by atoms with Gasteiger partial charge in [-0.2, -0.15) is 5.10 Å². The van der Waals surface area contributed by atoms with Crippen molar-refractivity contribution in [2.24, 2.45) is 0 Å². The van der Waals surface area contributed by atoms with E-state index in [1.807, 2.05) is 12.1 Å². The van der Waals surface area contributed by atoms with Crippen LogP contribution in [0.4, 0.5) is 5.82 Å². The van der Waals surface area contributed by atoms with Gasteiger partial charge >= 0.3 is 0 Å². The van der Waals surface area contributed by atoms with Crippen molar-refractivity contribution in [3.63, 3.8) is 0 Å². The Morgan fingerprint density at radius 3 is 3.00 bits per heavy atom. The number of nitrogens with one attached hydrogen (secondary N) is 1. The van der Waals surface area contributed by atoms with Crippen molar-refractivity contribution in [3.8, 4) is 11.1 Å². The Bertz CT molecular complexity index is 963. The largest absolute Gasteiger partial charge is 0.311 e. The molecular formula is C18H17ClN4O. The molecule has 3 aromatic rings. The van der Waals surface area contributed by atoms with Crippen molar-refractivity contribution < 1.29 is 4.79 Å². The minimum atomic E-state index is -0.158. The van der Waals surface area contributed by atoms with Gasteiger partial charge in [0.2, 0.25) is 5.91 Å². The second kappa shape index (κ2) is 5.60. The fraction of sp³-hybridized carbons (Fsp3) is 0.278. The van der Waals surface area contributed by atoms with Gasteiger partial charge in [-0.25, -0.2) is 4.98 Å². The first-order valence-electron chi connectivity index (χ1n) is 7.97. The molecule has 3 heterocycles. The molecule has 0 bridgehead atoms. The number of rotatable bonds is 2. The van der Waals surface area contributed by atoms with Crippen LogP contribution in [0.15, 0.2) is 30.5 Å². The number of nitrogens with zero attached hydrogens (tertiary/aromatic N) is 3. The molecule has 1 unspecified atom stereocenters. The Kier molecular flexibility index (Phi) is 3.53. The molecule has 1 aliphatic rings. The van der Waals surface area contributed by atoms with Crippen LogP contribution in [0.25, 0.3) is 22.0 Å². The molecule has 5 nitrogen and oxygen atoms in total. The van der Waals surface area contributed by atoms with Crippen LogP contribution in [0.1, 0.15) is 31.9 Å². The van der Waals surface area contributed by atoms with Gasteiger partial charge in [0.25, 0.3) is 0 Å². The van der Waals surface area contributed by atoms with Crippen LogP contribution in [-0.2, 0) is 11.3 Å². The summed E-state index contributed by atoms with van der Waals surface area (Å²) < 4.78 is 2.11. The van der Waals surface area contributed by atoms with Gasteiger partial charge in [-0.3, -0.25) is 9.48 Å². The van der Waals surface area contributed by atoms with Crippen molar-refractivity contribution in [1.29, 1.82) is 0 Å². The molecule has 0 spiro atoms. The van der Waals surface area contributed by atoms with Crippen LogP contribution in [0.2, 0.25) is 5.02 Å². The number of carbonyl (C=O) groups excluding carboxylic acids is 1. The maximum absolute atomic E-state index is 11.3. The van der Waals surface area contributed by atoms with Crippen LogP contribution < -0.4 is 5.32 Å². The molecule has 6 heteroatoms. The highest BCUT2D eigenvalue weighted by Crippen LogP contribution is 2.37. The maximum atomic E-state index is 11.3. The van der Waals surface area contributed by atoms with E-state index in [0.717, 1.165) is 29.6 Å². The summed E-state index contributed by atoms with van der Waals surface area (Å²) in [5.74, 6) is 0.846. The molecule has 0 radical (unpaired) electrons. The van der Waals surface area contributed by atoms with Gasteiger partial charge in [-0.05, 0) is 30.2 Å². The number of halogens is 1. The number of anilines is 1. The van der Waals surface area contributed by atoms with E-state index in [9.17, 15) is 4.79 Å². The average Bonchev–Trinajstić information content (AvgIpc) is 3.08. The molecule has 1 N–H and O–H groups in total. The molecule has 2 aromatic heterocycles. The van der Waals surface area contributed by atoms with E-state index >= 15 is 0 Å². The standard InChI is InChI=1S/C18H17ClN4O/c1-10-5-6-23-18(10)14-7-12(3-4-16(14)22-23)13-8-17(21-11(2)24)20-9-15(13)19/h3-4,7-10H,5-6H2,1-2H3,(H,20,21,24). The maximum Gasteiger partial charge on any atom is 0.222 e. The summed E-state index contributed by atoms with van der Waals surface area (Å²) in [6, 6.07) is 7.97. The van der Waals surface area contributed by atoms with Crippen LogP contribution >= 0.6 is 11.6 Å². The fourth-order valence-corrected chi connectivity index (χ4v) is 3.58. The lowest BCUT2D eigenvalue weighted by molar-refractivity contribution is -0.114. The van der Waals surface area contributed by atoms with Crippen LogP contribution in [0, 0.1) is 0 Å². The highest BCUT2D eigenvalue weighted by molar-refractivity contribution is 6.33. The summed E-state index contributed by atoms with van der Waals surface area (Å²) in [5.41, 5.74) is 4.14. The second-order valence-electron chi connectivity index (χ2n) is 6.26. The molecule has 0 aliphatic carbocycles. The van der Waals surface area contributed by atoms with Gasteiger partial charge in [-0.1, -0.05) is 24.6 Å². The van der Waals surface area contributed by atoms with Gasteiger partial charge in [0.15, 0.2) is 0 Å². The highest BCUT2D eigenvalue weighted by Gasteiger charge is 2.23. The number of hydrogen-bond donors (Lipinski definition) is 1. The summed E-state index contributed by atoms with van der Waals surface area (Å²) in [6.07, 6.45) is 2.70. The van der Waals surface area contributed by atoms with Crippen molar-refractivity contribution in [3.05, 3.63) is 41.2 Å². The van der Waals surface area contributed by atoms with Gasteiger partial charge in [0, 0.05) is 42.2 Å². The lowest BCUT2D eigenvalue weighted by Gasteiger charge is -2.08. The van der Waals surface area contributed by atoms with Crippen LogP contribution in [0.3, 0.4) is 0 Å². The number of aromatic nitrogens is 3. The molecule has 122 valence electrons. The monoisotopic (exact) mass is 340 g/mol. The minimum absolute atomic E-state index is 0.158. The number of fused-ring (bicyclic) bond motifs is 3. The van der Waals surface area contributed by atoms with Gasteiger partial charge in [0.05, 0.1) is 10.5 Å². The topological polar surface area (TPSA) is 59.8 Å². The summed E-state index contributed by atoms with van der Waals surface area (Å²) in [7, 11) is 0. The van der Waals surface area contributed by atoms with E-state index in [0.29, 0.717) is 16.8 Å². The normalized spacial score (nSPS) is 16.4. The molecule has 1 aromatic carbocycles. The molecule has 4 rings (SSSR count). The summed E-state index contributed by atoms with van der Waals surface area (Å²) in [5, 5.41) is 9.10. The van der Waals surface area contributed by atoms with E-state index in [2.05, 4.69) is 33.1 Å². The van der Waals surface area contributed by atoms with Crippen molar-refractivity contribution >= 4 is 34.2 Å². The zero-order chi connectivity index (χ0) is 16.8. The van der Waals surface area contributed by atoms with E-state index in [1.54, 1.807) is 12.3 Å². The first-order valence-corrected chi connectivity index (χ1v) is 8.34. The Hall–Kier alpha value is -2.40. The van der Waals surface area contributed by atoms with Gasteiger partial charge < -0.3 is 5.32 Å². The molecule has 1 aliphatic heterocycles. The van der Waals surface area contributed by atoms with E-state index in [-0.39, 0.29) is 5.91 Å². The summed E-state index contributed by atoms with van der Waals surface area (Å²) in [6.45, 7) is 4.67. The second-order valence-corrected chi connectivity index (χ2v) is 6.67. The summed E-state index contributed by atoms with van der Waals surface area (Å²) >= 11 is 6.34. The molecule has 24 heavy (non-hydrogen) atoms. The fourth-order valence-electron chi connectivity index (χ4n) is 3.37. The molecular weight excluding hydrogens is 324 g/mol. The van der Waals surface area contributed by atoms with Crippen molar-refractivity contribution in [2.45, 2.75) is 32.7 Å². The van der Waals surface area contributed by atoms with E-state index in [1.165, 1.54) is 18.0 Å². The minimum Gasteiger partial charge on any atom is -0.311 e. The Balaban J connectivity index is 1.85. The Morgan fingerprint density at radius 2 is 2.21 bits per heavy atom. The zero-order valence-electron chi connectivity index (χ0n) is 13.5. The molecule has 0 saturated carbocycles. The lowest BCUT2D eigenvalue weighted by Crippen LogP contribution is -2.07. The smallest absolute Gasteiger partial charge is 0.222 e. The number of benzene rings is 1. The third kappa shape index (κ3) is 2.45. The lowest BCUT2D eigenvalue weighted by atomic mass is 9.99. The number of amides is 1. The predicted octanol–water partition coefficient (Wildman–Crippen LogP) is 4.22. The quantitative estimate of drug-likeness (QED) is 0.760. The average molecular weight is 341 g/mol. The predicted molar refractivity (Wildman–Crippen MR) is 95.3 cm³/mol. The SMILES string of the molecule is CC(=O)Nc1cc(-c2ccc3nn4c(c3c2)C(C)CC4)c(Cl)cn1. The van der Waals surface area contributed by atoms with Crippen molar-refractivity contribution in [1.82, 2.24) is 14.8 Å². The molecule has 0 fully saturated rings. The van der Waals surface area contributed by atoms with E-state index in [4.69, 9.17) is 11.6 Å². The van der Waals surface area contributed by atoms with E-state index < -0.39 is 0 Å². The molecule has 0 saturated heterocycles. The van der Waals surface area contributed by atoms with Crippen molar-refractivity contribution in [2.75, 3.05) is 5.32 Å². The van der Waals surface area contributed by atoms with Gasteiger partial charge in [-0.15, -0.1) is 0 Å². The first kappa shape index (κ1) is 15.1. The number of hydrogen-bond acceptors (Lipinski definition) is 3. The number of carbonyl (C=O) groups is 1. The molecule has 1 atom stereocenters. The zero-order valence-corrected chi connectivity index (χ0v) is 14.3.